The van der Waals surface area contributed by atoms with Crippen LogP contribution in [0.4, 0.5) is 0 Å². The smallest absolute Gasteiger partial charge is 0.335 e. The molecule has 18 heavy (non-hydrogen) atoms. The van der Waals surface area contributed by atoms with E-state index in [1.807, 2.05) is 0 Å². The predicted molar refractivity (Wildman–Crippen MR) is 68.9 cm³/mol. The van der Waals surface area contributed by atoms with E-state index < -0.39 is 5.97 Å². The van der Waals surface area contributed by atoms with E-state index >= 15 is 0 Å². The second-order valence-corrected chi connectivity index (χ2v) is 4.58. The van der Waals surface area contributed by atoms with Gasteiger partial charge in [-0.25, -0.2) is 9.78 Å². The summed E-state index contributed by atoms with van der Waals surface area (Å²) >= 11 is 1.41. The van der Waals surface area contributed by atoms with E-state index in [9.17, 15) is 9.90 Å². The SMILES string of the molecule is O=C(O)c1ccc(CSc2ncccc2O)cc1. The van der Waals surface area contributed by atoms with Gasteiger partial charge in [0, 0.05) is 11.9 Å². The Morgan fingerprint density at radius 3 is 2.56 bits per heavy atom. The van der Waals surface area contributed by atoms with Gasteiger partial charge in [-0.15, -0.1) is 0 Å². The van der Waals surface area contributed by atoms with E-state index in [4.69, 9.17) is 5.11 Å². The van der Waals surface area contributed by atoms with Crippen LogP contribution in [0, 0.1) is 0 Å². The van der Waals surface area contributed by atoms with Gasteiger partial charge in [0.25, 0.3) is 0 Å². The molecule has 92 valence electrons. The number of carboxylic acids is 1. The highest BCUT2D eigenvalue weighted by atomic mass is 32.2. The van der Waals surface area contributed by atoms with E-state index in [0.717, 1.165) is 5.56 Å². The molecule has 0 radical (unpaired) electrons. The second kappa shape index (κ2) is 5.55. The number of nitrogens with zero attached hydrogens (tertiary/aromatic N) is 1. The lowest BCUT2D eigenvalue weighted by atomic mass is 10.1. The topological polar surface area (TPSA) is 70.4 Å². The third-order valence-corrected chi connectivity index (χ3v) is 3.39. The minimum Gasteiger partial charge on any atom is -0.505 e. The van der Waals surface area contributed by atoms with Crippen LogP contribution in [0.15, 0.2) is 47.6 Å². The van der Waals surface area contributed by atoms with Gasteiger partial charge in [-0.1, -0.05) is 23.9 Å². The zero-order chi connectivity index (χ0) is 13.0. The molecule has 0 spiro atoms. The lowest BCUT2D eigenvalue weighted by molar-refractivity contribution is 0.0697. The maximum absolute atomic E-state index is 10.7. The monoisotopic (exact) mass is 261 g/mol. The minimum atomic E-state index is -0.934. The molecule has 0 saturated heterocycles. The molecule has 0 saturated carbocycles. The summed E-state index contributed by atoms with van der Waals surface area (Å²) in [5.41, 5.74) is 1.25. The van der Waals surface area contributed by atoms with E-state index in [2.05, 4.69) is 4.98 Å². The summed E-state index contributed by atoms with van der Waals surface area (Å²) in [5, 5.41) is 18.9. The van der Waals surface area contributed by atoms with Crippen molar-refractivity contribution in [1.29, 1.82) is 0 Å². The first kappa shape index (κ1) is 12.4. The Kier molecular flexibility index (Phi) is 3.84. The molecule has 0 bridgehead atoms. The van der Waals surface area contributed by atoms with Gasteiger partial charge >= 0.3 is 5.97 Å². The van der Waals surface area contributed by atoms with Crippen LogP contribution < -0.4 is 0 Å². The van der Waals surface area contributed by atoms with Crippen LogP contribution in [0.5, 0.6) is 5.75 Å². The van der Waals surface area contributed by atoms with Gasteiger partial charge < -0.3 is 10.2 Å². The molecule has 1 aromatic carbocycles. The molecule has 0 aliphatic rings. The summed E-state index contributed by atoms with van der Waals surface area (Å²) in [6, 6.07) is 9.91. The zero-order valence-electron chi connectivity index (χ0n) is 9.41. The third kappa shape index (κ3) is 3.01. The average molecular weight is 261 g/mol. The zero-order valence-corrected chi connectivity index (χ0v) is 10.2. The lowest BCUT2D eigenvalue weighted by Crippen LogP contribution is -1.95. The van der Waals surface area contributed by atoms with Gasteiger partial charge in [-0.2, -0.15) is 0 Å². The number of aromatic hydroxyl groups is 1. The molecule has 0 aliphatic heterocycles. The molecule has 5 heteroatoms. The van der Waals surface area contributed by atoms with Gasteiger partial charge in [0.1, 0.15) is 10.8 Å². The number of carboxylic acid groups (broad SMARTS) is 1. The summed E-state index contributed by atoms with van der Waals surface area (Å²) in [6.45, 7) is 0. The van der Waals surface area contributed by atoms with Crippen molar-refractivity contribution < 1.29 is 15.0 Å². The van der Waals surface area contributed by atoms with Gasteiger partial charge in [0.2, 0.25) is 0 Å². The Morgan fingerprint density at radius 2 is 1.94 bits per heavy atom. The molecular formula is C13H11NO3S. The maximum atomic E-state index is 10.7. The highest BCUT2D eigenvalue weighted by Crippen LogP contribution is 2.28. The van der Waals surface area contributed by atoms with E-state index in [1.165, 1.54) is 11.8 Å². The van der Waals surface area contributed by atoms with Crippen LogP contribution in [0.25, 0.3) is 0 Å². The maximum Gasteiger partial charge on any atom is 0.335 e. The number of hydrogen-bond donors (Lipinski definition) is 2. The largest absolute Gasteiger partial charge is 0.505 e. The molecule has 1 heterocycles. The average Bonchev–Trinajstić information content (AvgIpc) is 2.38. The van der Waals surface area contributed by atoms with Crippen molar-refractivity contribution in [2.75, 3.05) is 0 Å². The Labute approximate surface area is 108 Å². The van der Waals surface area contributed by atoms with Crippen molar-refractivity contribution in [1.82, 2.24) is 4.98 Å². The summed E-state index contributed by atoms with van der Waals surface area (Å²) in [5.74, 6) is -0.147. The fourth-order valence-corrected chi connectivity index (χ4v) is 2.24. The molecule has 2 N–H and O–H groups in total. The van der Waals surface area contributed by atoms with Crippen molar-refractivity contribution in [2.45, 2.75) is 10.8 Å². The third-order valence-electron chi connectivity index (χ3n) is 2.33. The molecule has 0 unspecified atom stereocenters. The highest BCUT2D eigenvalue weighted by molar-refractivity contribution is 7.98. The first-order valence-corrected chi connectivity index (χ1v) is 6.24. The van der Waals surface area contributed by atoms with Gasteiger partial charge in [0.05, 0.1) is 5.56 Å². The van der Waals surface area contributed by atoms with Gasteiger partial charge in [-0.05, 0) is 29.8 Å². The number of aromatic nitrogens is 1. The fraction of sp³-hybridized carbons (Fsp3) is 0.0769. The molecule has 0 fully saturated rings. The van der Waals surface area contributed by atoms with Crippen molar-refractivity contribution in [3.63, 3.8) is 0 Å². The number of hydrogen-bond acceptors (Lipinski definition) is 4. The molecule has 0 amide bonds. The Balaban J connectivity index is 2.02. The Bertz CT molecular complexity index is 554. The quantitative estimate of drug-likeness (QED) is 0.828. The van der Waals surface area contributed by atoms with Crippen LogP contribution in [-0.2, 0) is 5.75 Å². The number of thioether (sulfide) groups is 1. The van der Waals surface area contributed by atoms with Crippen LogP contribution >= 0.6 is 11.8 Å². The van der Waals surface area contributed by atoms with Crippen LogP contribution in [-0.4, -0.2) is 21.2 Å². The highest BCUT2D eigenvalue weighted by Gasteiger charge is 2.04. The van der Waals surface area contributed by atoms with Crippen molar-refractivity contribution in [3.8, 4) is 5.75 Å². The molecule has 2 rings (SSSR count). The fourth-order valence-electron chi connectivity index (χ4n) is 1.39. The molecule has 1 aromatic heterocycles. The summed E-state index contributed by atoms with van der Waals surface area (Å²) in [4.78, 5) is 14.7. The van der Waals surface area contributed by atoms with E-state index in [0.29, 0.717) is 10.8 Å². The molecule has 4 nitrogen and oxygen atoms in total. The van der Waals surface area contributed by atoms with Crippen LogP contribution in [0.2, 0.25) is 0 Å². The van der Waals surface area contributed by atoms with Crippen molar-refractivity contribution in [3.05, 3.63) is 53.7 Å². The van der Waals surface area contributed by atoms with E-state index in [1.54, 1.807) is 42.6 Å². The molecule has 0 atom stereocenters. The van der Waals surface area contributed by atoms with Crippen molar-refractivity contribution >= 4 is 17.7 Å². The summed E-state index contributed by atoms with van der Waals surface area (Å²) in [7, 11) is 0. The number of aromatic carboxylic acids is 1. The number of rotatable bonds is 4. The van der Waals surface area contributed by atoms with Gasteiger partial charge in [-0.3, -0.25) is 0 Å². The number of carbonyl (C=O) groups is 1. The molecular weight excluding hydrogens is 250 g/mol. The normalized spacial score (nSPS) is 10.2. The first-order chi connectivity index (χ1) is 8.66. The van der Waals surface area contributed by atoms with Crippen LogP contribution in [0.3, 0.4) is 0 Å². The molecule has 2 aromatic rings. The van der Waals surface area contributed by atoms with Crippen molar-refractivity contribution in [2.24, 2.45) is 0 Å². The number of pyridine rings is 1. The minimum absolute atomic E-state index is 0.157. The van der Waals surface area contributed by atoms with Gasteiger partial charge in [0.15, 0.2) is 0 Å². The second-order valence-electron chi connectivity index (χ2n) is 3.62. The Morgan fingerprint density at radius 1 is 1.22 bits per heavy atom. The molecule has 0 aliphatic carbocycles. The first-order valence-electron chi connectivity index (χ1n) is 5.26. The van der Waals surface area contributed by atoms with E-state index in [-0.39, 0.29) is 11.3 Å². The number of benzene rings is 1. The summed E-state index contributed by atoms with van der Waals surface area (Å²) in [6.07, 6.45) is 1.62. The standard InChI is InChI=1S/C13H11NO3S/c15-11-2-1-7-14-12(11)18-8-9-3-5-10(6-4-9)13(16)17/h1-7,15H,8H2,(H,16,17). The Hall–Kier alpha value is -2.01. The summed E-state index contributed by atoms with van der Waals surface area (Å²) < 4.78 is 0. The van der Waals surface area contributed by atoms with Crippen LogP contribution in [0.1, 0.15) is 15.9 Å². The predicted octanol–water partition coefficient (Wildman–Crippen LogP) is 2.78. The lowest BCUT2D eigenvalue weighted by Gasteiger charge is -2.03.